The molecule has 6 heteroatoms. The highest BCUT2D eigenvalue weighted by Gasteiger charge is 2.34. The van der Waals surface area contributed by atoms with Crippen molar-refractivity contribution >= 4 is 5.91 Å². The van der Waals surface area contributed by atoms with Crippen molar-refractivity contribution in [2.24, 2.45) is 0 Å². The van der Waals surface area contributed by atoms with E-state index in [2.05, 4.69) is 14.8 Å². The molecule has 0 radical (unpaired) electrons. The highest BCUT2D eigenvalue weighted by molar-refractivity contribution is 5.79. The molecule has 1 aromatic heterocycles. The molecule has 2 aromatic rings. The highest BCUT2D eigenvalue weighted by Crippen LogP contribution is 2.33. The van der Waals surface area contributed by atoms with Gasteiger partial charge in [-0.2, -0.15) is 0 Å². The lowest BCUT2D eigenvalue weighted by atomic mass is 10.1. The van der Waals surface area contributed by atoms with Gasteiger partial charge in [-0.3, -0.25) is 4.79 Å². The summed E-state index contributed by atoms with van der Waals surface area (Å²) in [5, 5.41) is 8.79. The number of likely N-dealkylation sites (tertiary alicyclic amines) is 1. The van der Waals surface area contributed by atoms with Gasteiger partial charge in [0.1, 0.15) is 11.6 Å². The van der Waals surface area contributed by atoms with Crippen LogP contribution in [0.15, 0.2) is 24.3 Å². The largest absolute Gasteiger partial charge is 0.332 e. The maximum Gasteiger partial charge on any atom is 0.227 e. The lowest BCUT2D eigenvalue weighted by Gasteiger charge is -2.25. The first-order chi connectivity index (χ1) is 12.2. The third kappa shape index (κ3) is 3.17. The van der Waals surface area contributed by atoms with Gasteiger partial charge >= 0.3 is 0 Å². The van der Waals surface area contributed by atoms with Gasteiger partial charge in [0, 0.05) is 19.5 Å². The number of rotatable bonds is 3. The second-order valence-electron chi connectivity index (χ2n) is 6.95. The van der Waals surface area contributed by atoms with Crippen LogP contribution < -0.4 is 0 Å². The summed E-state index contributed by atoms with van der Waals surface area (Å²) in [6, 6.07) is 6.47. The van der Waals surface area contributed by atoms with Gasteiger partial charge < -0.3 is 9.47 Å². The Bertz CT molecular complexity index is 773. The third-order valence-corrected chi connectivity index (χ3v) is 5.31. The summed E-state index contributed by atoms with van der Waals surface area (Å²) in [7, 11) is 0. The van der Waals surface area contributed by atoms with Crippen molar-refractivity contribution in [3.05, 3.63) is 47.3 Å². The first-order valence-electron chi connectivity index (χ1n) is 9.19. The zero-order chi connectivity index (χ0) is 17.2. The first kappa shape index (κ1) is 16.2. The van der Waals surface area contributed by atoms with Gasteiger partial charge in [0.15, 0.2) is 5.82 Å². The average Bonchev–Trinajstić information content (AvgIpc) is 3.18. The zero-order valence-corrected chi connectivity index (χ0v) is 14.3. The molecule has 1 saturated heterocycles. The quantitative estimate of drug-likeness (QED) is 0.861. The zero-order valence-electron chi connectivity index (χ0n) is 14.3. The predicted octanol–water partition coefficient (Wildman–Crippen LogP) is 3.05. The molecular formula is C19H23FN4O. The fourth-order valence-corrected chi connectivity index (χ4v) is 3.99. The lowest BCUT2D eigenvalue weighted by molar-refractivity contribution is -0.131. The number of carbonyl (C=O) groups excluding carboxylic acids is 1. The van der Waals surface area contributed by atoms with E-state index in [1.807, 2.05) is 4.90 Å². The fraction of sp³-hybridized carbons (Fsp3) is 0.526. The van der Waals surface area contributed by atoms with Crippen LogP contribution in [0.25, 0.3) is 0 Å². The van der Waals surface area contributed by atoms with Gasteiger partial charge in [0.05, 0.1) is 12.5 Å². The number of benzene rings is 1. The third-order valence-electron chi connectivity index (χ3n) is 5.31. The second-order valence-corrected chi connectivity index (χ2v) is 6.95. The molecule has 1 fully saturated rings. The van der Waals surface area contributed by atoms with Crippen molar-refractivity contribution in [1.82, 2.24) is 19.7 Å². The number of aryl methyl sites for hydroxylation is 1. The Morgan fingerprint density at radius 3 is 2.88 bits per heavy atom. The standard InChI is InChI=1S/C19H23FN4O/c20-15-8-4-3-7-14(15)13-18(25)23-12-6-9-16(23)19-22-21-17-10-2-1-5-11-24(17)19/h3-4,7-8,16H,1-2,5-6,9-13H2/t16-/m1/s1. The topological polar surface area (TPSA) is 51.0 Å². The van der Waals surface area contributed by atoms with E-state index in [9.17, 15) is 9.18 Å². The van der Waals surface area contributed by atoms with E-state index >= 15 is 0 Å². The molecule has 2 aliphatic rings. The molecule has 0 N–H and O–H groups in total. The van der Waals surface area contributed by atoms with E-state index in [-0.39, 0.29) is 24.2 Å². The summed E-state index contributed by atoms with van der Waals surface area (Å²) in [4.78, 5) is 14.7. The van der Waals surface area contributed by atoms with Gasteiger partial charge in [-0.15, -0.1) is 10.2 Å². The van der Waals surface area contributed by atoms with E-state index in [0.717, 1.165) is 50.3 Å². The number of fused-ring (bicyclic) bond motifs is 1. The van der Waals surface area contributed by atoms with E-state index in [1.165, 1.54) is 12.5 Å². The Hall–Kier alpha value is -2.24. The molecular weight excluding hydrogens is 319 g/mol. The Kier molecular flexibility index (Phi) is 4.51. The van der Waals surface area contributed by atoms with Gasteiger partial charge in [-0.1, -0.05) is 24.6 Å². The molecule has 25 heavy (non-hydrogen) atoms. The summed E-state index contributed by atoms with van der Waals surface area (Å²) in [6.45, 7) is 1.64. The van der Waals surface area contributed by atoms with E-state index in [1.54, 1.807) is 18.2 Å². The first-order valence-corrected chi connectivity index (χ1v) is 9.19. The summed E-state index contributed by atoms with van der Waals surface area (Å²) in [6.07, 6.45) is 6.42. The smallest absolute Gasteiger partial charge is 0.227 e. The van der Waals surface area contributed by atoms with Crippen molar-refractivity contribution < 1.29 is 9.18 Å². The average molecular weight is 342 g/mol. The van der Waals surface area contributed by atoms with Crippen LogP contribution in [0.1, 0.15) is 55.4 Å². The second kappa shape index (κ2) is 6.94. The molecule has 2 aliphatic heterocycles. The number of halogens is 1. The Labute approximate surface area is 146 Å². The van der Waals surface area contributed by atoms with Crippen LogP contribution in [0.3, 0.4) is 0 Å². The molecule has 4 rings (SSSR count). The molecule has 3 heterocycles. The maximum atomic E-state index is 13.9. The monoisotopic (exact) mass is 342 g/mol. The summed E-state index contributed by atoms with van der Waals surface area (Å²) in [5.74, 6) is 1.61. The van der Waals surface area contributed by atoms with Gasteiger partial charge in [0.25, 0.3) is 0 Å². The van der Waals surface area contributed by atoms with Gasteiger partial charge in [-0.25, -0.2) is 4.39 Å². The number of hydrogen-bond acceptors (Lipinski definition) is 3. The van der Waals surface area contributed by atoms with Crippen molar-refractivity contribution in [2.45, 2.75) is 57.5 Å². The van der Waals surface area contributed by atoms with E-state index in [0.29, 0.717) is 12.1 Å². The summed E-state index contributed by atoms with van der Waals surface area (Å²) >= 11 is 0. The minimum absolute atomic E-state index is 0.0291. The predicted molar refractivity (Wildman–Crippen MR) is 91.4 cm³/mol. The van der Waals surface area contributed by atoms with Crippen molar-refractivity contribution in [3.8, 4) is 0 Å². The Morgan fingerprint density at radius 1 is 1.12 bits per heavy atom. The molecule has 0 aliphatic carbocycles. The van der Waals surface area contributed by atoms with Crippen LogP contribution >= 0.6 is 0 Å². The van der Waals surface area contributed by atoms with Crippen LogP contribution in [0.2, 0.25) is 0 Å². The maximum absolute atomic E-state index is 13.9. The SMILES string of the molecule is O=C(Cc1ccccc1F)N1CCC[C@@H]1c1nnc2n1CCCCC2. The molecule has 1 amide bonds. The molecule has 1 aromatic carbocycles. The van der Waals surface area contributed by atoms with Crippen molar-refractivity contribution in [3.63, 3.8) is 0 Å². The Morgan fingerprint density at radius 2 is 2.00 bits per heavy atom. The van der Waals surface area contributed by atoms with Crippen LogP contribution in [-0.2, 0) is 24.2 Å². The minimum Gasteiger partial charge on any atom is -0.332 e. The fourth-order valence-electron chi connectivity index (χ4n) is 3.99. The molecule has 1 atom stereocenters. The molecule has 0 bridgehead atoms. The molecule has 132 valence electrons. The summed E-state index contributed by atoms with van der Waals surface area (Å²) in [5.41, 5.74) is 0.457. The number of hydrogen-bond donors (Lipinski definition) is 0. The molecule has 5 nitrogen and oxygen atoms in total. The Balaban J connectivity index is 1.56. The normalized spacial score (nSPS) is 20.4. The number of aromatic nitrogens is 3. The van der Waals surface area contributed by atoms with Gasteiger partial charge in [-0.05, 0) is 37.3 Å². The molecule has 0 unspecified atom stereocenters. The molecule has 0 saturated carbocycles. The van der Waals surface area contributed by atoms with E-state index < -0.39 is 0 Å². The lowest BCUT2D eigenvalue weighted by Crippen LogP contribution is -2.33. The van der Waals surface area contributed by atoms with E-state index in [4.69, 9.17) is 0 Å². The number of carbonyl (C=O) groups is 1. The molecule has 0 spiro atoms. The minimum atomic E-state index is -0.317. The number of amides is 1. The van der Waals surface area contributed by atoms with Crippen LogP contribution in [0.5, 0.6) is 0 Å². The number of nitrogens with zero attached hydrogens (tertiary/aromatic N) is 4. The van der Waals surface area contributed by atoms with Crippen LogP contribution in [0.4, 0.5) is 4.39 Å². The van der Waals surface area contributed by atoms with Crippen LogP contribution in [0, 0.1) is 5.82 Å². The van der Waals surface area contributed by atoms with Crippen LogP contribution in [-0.4, -0.2) is 32.1 Å². The summed E-state index contributed by atoms with van der Waals surface area (Å²) < 4.78 is 16.1. The van der Waals surface area contributed by atoms with Crippen molar-refractivity contribution in [1.29, 1.82) is 0 Å². The van der Waals surface area contributed by atoms with Gasteiger partial charge in [0.2, 0.25) is 5.91 Å². The highest BCUT2D eigenvalue weighted by atomic mass is 19.1. The van der Waals surface area contributed by atoms with Crippen molar-refractivity contribution in [2.75, 3.05) is 6.54 Å².